The molecule has 0 atom stereocenters. The molecule has 0 bridgehead atoms. The van der Waals surface area contributed by atoms with Crippen LogP contribution in [0.2, 0.25) is 0 Å². The Kier molecular flexibility index (Phi) is 7.55. The molecule has 3 N–H and O–H groups in total. The van der Waals surface area contributed by atoms with E-state index in [1.165, 1.54) is 36.5 Å². The molecule has 4 aromatic rings. The lowest BCUT2D eigenvalue weighted by Crippen LogP contribution is -2.18. The molecule has 0 heterocycles. The average molecular weight is 496 g/mol. The summed E-state index contributed by atoms with van der Waals surface area (Å²) in [5.74, 6) is -2.45. The minimum Gasteiger partial charge on any atom is -0.508 e. The van der Waals surface area contributed by atoms with Crippen molar-refractivity contribution in [2.24, 2.45) is 5.10 Å². The average Bonchev–Trinajstić information content (AvgIpc) is 2.90. The van der Waals surface area contributed by atoms with E-state index in [1.807, 2.05) is 0 Å². The maximum Gasteiger partial charge on any atom is 0.343 e. The molecule has 9 nitrogen and oxygen atoms in total. The van der Waals surface area contributed by atoms with Gasteiger partial charge in [-0.3, -0.25) is 4.79 Å². The van der Waals surface area contributed by atoms with Gasteiger partial charge in [-0.05, 0) is 48.5 Å². The summed E-state index contributed by atoms with van der Waals surface area (Å²) in [5.41, 5.74) is 3.08. The molecule has 1 amide bonds. The number of esters is 2. The Hall–Kier alpha value is -5.44. The number of hydrogen-bond acceptors (Lipinski definition) is 8. The van der Waals surface area contributed by atoms with E-state index >= 15 is 0 Å². The van der Waals surface area contributed by atoms with Crippen molar-refractivity contribution in [1.29, 1.82) is 0 Å². The van der Waals surface area contributed by atoms with Crippen molar-refractivity contribution < 1.29 is 34.1 Å². The van der Waals surface area contributed by atoms with Crippen molar-refractivity contribution in [2.45, 2.75) is 0 Å². The Balaban J connectivity index is 1.56. The molecule has 0 aliphatic rings. The molecule has 9 heteroatoms. The third kappa shape index (κ3) is 6.37. The molecular formula is C28H20N2O7. The van der Waals surface area contributed by atoms with Gasteiger partial charge in [0.15, 0.2) is 0 Å². The predicted octanol–water partition coefficient (Wildman–Crippen LogP) is 4.30. The van der Waals surface area contributed by atoms with Gasteiger partial charge in [-0.25, -0.2) is 15.0 Å². The van der Waals surface area contributed by atoms with Crippen LogP contribution in [0, 0.1) is 0 Å². The number of hydrazone groups is 1. The van der Waals surface area contributed by atoms with Crippen LogP contribution in [0.3, 0.4) is 0 Å². The van der Waals surface area contributed by atoms with Crippen LogP contribution in [-0.4, -0.2) is 34.3 Å². The number of benzene rings is 4. The number of phenolic OH excluding ortho intramolecular Hbond substituents is 2. The van der Waals surface area contributed by atoms with Crippen LogP contribution in [0.5, 0.6) is 23.0 Å². The second kappa shape index (κ2) is 11.3. The van der Waals surface area contributed by atoms with E-state index in [4.69, 9.17) is 9.47 Å². The summed E-state index contributed by atoms with van der Waals surface area (Å²) >= 11 is 0. The van der Waals surface area contributed by atoms with Gasteiger partial charge in [0.25, 0.3) is 5.91 Å². The van der Waals surface area contributed by atoms with E-state index in [1.54, 1.807) is 60.7 Å². The lowest BCUT2D eigenvalue weighted by Gasteiger charge is -2.10. The maximum atomic E-state index is 12.7. The van der Waals surface area contributed by atoms with E-state index in [2.05, 4.69) is 10.5 Å². The van der Waals surface area contributed by atoms with Gasteiger partial charge in [0.05, 0.1) is 22.9 Å². The third-order valence-corrected chi connectivity index (χ3v) is 5.01. The quantitative estimate of drug-likeness (QED) is 0.150. The molecule has 0 saturated heterocycles. The first-order valence-corrected chi connectivity index (χ1v) is 10.9. The Bertz CT molecular complexity index is 1470. The molecule has 4 rings (SSSR count). The largest absolute Gasteiger partial charge is 0.508 e. The van der Waals surface area contributed by atoms with Gasteiger partial charge in [-0.1, -0.05) is 36.4 Å². The first-order valence-electron chi connectivity index (χ1n) is 10.9. The van der Waals surface area contributed by atoms with Crippen molar-refractivity contribution >= 4 is 24.1 Å². The third-order valence-electron chi connectivity index (χ3n) is 5.01. The normalized spacial score (nSPS) is 10.6. The van der Waals surface area contributed by atoms with Crippen LogP contribution in [0.1, 0.15) is 36.6 Å². The lowest BCUT2D eigenvalue weighted by atomic mass is 10.2. The zero-order chi connectivity index (χ0) is 26.2. The van der Waals surface area contributed by atoms with Crippen molar-refractivity contribution in [3.05, 3.63) is 119 Å². The fourth-order valence-corrected chi connectivity index (χ4v) is 3.18. The minimum absolute atomic E-state index is 0.0256. The number of carbonyl (C=O) groups excluding carboxylic acids is 3. The summed E-state index contributed by atoms with van der Waals surface area (Å²) in [6.45, 7) is 0. The highest BCUT2D eigenvalue weighted by molar-refractivity contribution is 5.98. The number of ether oxygens (including phenoxy) is 2. The van der Waals surface area contributed by atoms with Crippen LogP contribution >= 0.6 is 0 Å². The molecule has 184 valence electrons. The van der Waals surface area contributed by atoms with E-state index in [0.29, 0.717) is 16.7 Å². The molecule has 0 radical (unpaired) electrons. The van der Waals surface area contributed by atoms with Crippen LogP contribution in [0.15, 0.2) is 102 Å². The molecule has 0 aromatic heterocycles. The Labute approximate surface area is 211 Å². The predicted molar refractivity (Wildman–Crippen MR) is 134 cm³/mol. The number of phenols is 2. The fourth-order valence-electron chi connectivity index (χ4n) is 3.18. The van der Waals surface area contributed by atoms with Crippen molar-refractivity contribution in [3.8, 4) is 23.0 Å². The number of nitrogens with one attached hydrogen (secondary N) is 1. The highest BCUT2D eigenvalue weighted by Crippen LogP contribution is 2.26. The van der Waals surface area contributed by atoms with Crippen LogP contribution < -0.4 is 14.9 Å². The van der Waals surface area contributed by atoms with Crippen LogP contribution in [0.4, 0.5) is 0 Å². The molecule has 0 spiro atoms. The molecule has 0 unspecified atom stereocenters. The van der Waals surface area contributed by atoms with E-state index in [-0.39, 0.29) is 22.8 Å². The molecule has 37 heavy (non-hydrogen) atoms. The zero-order valence-corrected chi connectivity index (χ0v) is 19.2. The standard InChI is InChI=1S/C28H20N2O7/c31-21-12-14-23(24(32)15-21)26(33)30-29-17-20-11-13-22(36-27(34)18-7-3-1-4-8-18)16-25(20)37-28(35)19-9-5-2-6-10-19/h1-17,31-32H,(H,30,33)/b29-17-. The summed E-state index contributed by atoms with van der Waals surface area (Å²) < 4.78 is 10.9. The number of amides is 1. The summed E-state index contributed by atoms with van der Waals surface area (Å²) in [7, 11) is 0. The highest BCUT2D eigenvalue weighted by Gasteiger charge is 2.15. The van der Waals surface area contributed by atoms with E-state index in [0.717, 1.165) is 6.07 Å². The Morgan fingerprint density at radius 2 is 1.35 bits per heavy atom. The lowest BCUT2D eigenvalue weighted by molar-refractivity contribution is 0.0731. The van der Waals surface area contributed by atoms with Crippen LogP contribution in [0.25, 0.3) is 0 Å². The number of hydrogen-bond donors (Lipinski definition) is 3. The number of nitrogens with zero attached hydrogens (tertiary/aromatic N) is 1. The topological polar surface area (TPSA) is 135 Å². The highest BCUT2D eigenvalue weighted by atomic mass is 16.5. The molecule has 0 saturated carbocycles. The number of carbonyl (C=O) groups is 3. The molecule has 4 aromatic carbocycles. The van der Waals surface area contributed by atoms with Crippen molar-refractivity contribution in [3.63, 3.8) is 0 Å². The summed E-state index contributed by atoms with van der Waals surface area (Å²) in [6, 6.07) is 24.5. The van der Waals surface area contributed by atoms with Gasteiger partial charge in [-0.15, -0.1) is 0 Å². The number of rotatable bonds is 7. The monoisotopic (exact) mass is 496 g/mol. The maximum absolute atomic E-state index is 12.7. The fraction of sp³-hybridized carbons (Fsp3) is 0. The summed E-state index contributed by atoms with van der Waals surface area (Å²) in [6.07, 6.45) is 1.23. The smallest absolute Gasteiger partial charge is 0.343 e. The van der Waals surface area contributed by atoms with Gasteiger partial charge in [0, 0.05) is 17.7 Å². The summed E-state index contributed by atoms with van der Waals surface area (Å²) in [5, 5.41) is 23.1. The van der Waals surface area contributed by atoms with Gasteiger partial charge in [0.1, 0.15) is 23.0 Å². The zero-order valence-electron chi connectivity index (χ0n) is 19.2. The Morgan fingerprint density at radius 3 is 1.97 bits per heavy atom. The second-order valence-corrected chi connectivity index (χ2v) is 7.61. The first-order chi connectivity index (χ1) is 17.9. The second-order valence-electron chi connectivity index (χ2n) is 7.61. The van der Waals surface area contributed by atoms with Crippen LogP contribution in [-0.2, 0) is 0 Å². The SMILES string of the molecule is O=C(Oc1ccc(/C=N\NC(=O)c2ccc(O)cc2O)c(OC(=O)c2ccccc2)c1)c1ccccc1. The minimum atomic E-state index is -0.731. The first kappa shape index (κ1) is 24.7. The van der Waals surface area contributed by atoms with Crippen molar-refractivity contribution in [2.75, 3.05) is 0 Å². The molecular weight excluding hydrogens is 476 g/mol. The van der Waals surface area contributed by atoms with Gasteiger partial charge in [0.2, 0.25) is 0 Å². The van der Waals surface area contributed by atoms with Crippen molar-refractivity contribution in [1.82, 2.24) is 5.43 Å². The van der Waals surface area contributed by atoms with Gasteiger partial charge >= 0.3 is 11.9 Å². The van der Waals surface area contributed by atoms with Gasteiger partial charge < -0.3 is 19.7 Å². The van der Waals surface area contributed by atoms with E-state index in [9.17, 15) is 24.6 Å². The number of aromatic hydroxyl groups is 2. The molecule has 0 aliphatic heterocycles. The van der Waals surface area contributed by atoms with Gasteiger partial charge in [-0.2, -0.15) is 5.10 Å². The Morgan fingerprint density at radius 1 is 0.730 bits per heavy atom. The summed E-state index contributed by atoms with van der Waals surface area (Å²) in [4.78, 5) is 37.4. The molecule has 0 aliphatic carbocycles. The molecule has 0 fully saturated rings. The van der Waals surface area contributed by atoms with E-state index < -0.39 is 23.6 Å².